The molecule has 10 heavy (non-hydrogen) atoms. The van der Waals surface area contributed by atoms with Crippen LogP contribution in [0.5, 0.6) is 0 Å². The Balaban J connectivity index is 2.54. The van der Waals surface area contributed by atoms with Crippen molar-refractivity contribution in [1.29, 1.82) is 0 Å². The lowest BCUT2D eigenvalue weighted by Gasteiger charge is -2.09. The number of anilines is 1. The van der Waals surface area contributed by atoms with Crippen LogP contribution in [0.3, 0.4) is 0 Å². The zero-order chi connectivity index (χ0) is 6.81. The lowest BCUT2D eigenvalue weighted by molar-refractivity contribution is 1.29. The van der Waals surface area contributed by atoms with Crippen LogP contribution in [-0.4, -0.2) is 4.98 Å². The smallest absolute Gasteiger partial charge is 0.115 e. The van der Waals surface area contributed by atoms with Crippen LogP contribution in [0, 0.1) is 6.54 Å². The number of nitrogens with one attached hydrogen (secondary N) is 1. The van der Waals surface area contributed by atoms with E-state index in [2.05, 4.69) is 16.8 Å². The summed E-state index contributed by atoms with van der Waals surface area (Å²) in [6, 6.07) is 1.92. The van der Waals surface area contributed by atoms with Crippen molar-refractivity contribution >= 4 is 11.8 Å². The first-order valence-electron chi connectivity index (χ1n) is 3.09. The molecule has 1 aromatic heterocycles. The van der Waals surface area contributed by atoms with Crippen LogP contribution in [0.15, 0.2) is 24.5 Å². The zero-order valence-electron chi connectivity index (χ0n) is 5.33. The van der Waals surface area contributed by atoms with E-state index in [1.165, 1.54) is 0 Å². The number of hydrogen-bond acceptors (Lipinski definition) is 2. The number of nitrogens with zero attached hydrogens (tertiary/aromatic N) is 1. The van der Waals surface area contributed by atoms with E-state index in [0.717, 1.165) is 11.3 Å². The number of aromatic nitrogens is 1. The van der Waals surface area contributed by atoms with E-state index in [-0.39, 0.29) is 0 Å². The molecule has 0 unspecified atom stereocenters. The Morgan fingerprint density at radius 3 is 3.40 bits per heavy atom. The van der Waals surface area contributed by atoms with Gasteiger partial charge < -0.3 is 5.32 Å². The van der Waals surface area contributed by atoms with Gasteiger partial charge >= 0.3 is 0 Å². The predicted octanol–water partition coefficient (Wildman–Crippen LogP) is 1.56. The quantitative estimate of drug-likeness (QED) is 0.576. The molecule has 0 bridgehead atoms. The Kier molecular flexibility index (Phi) is 1.17. The Morgan fingerprint density at radius 1 is 1.50 bits per heavy atom. The lowest BCUT2D eigenvalue weighted by Crippen LogP contribution is -1.98. The molecule has 0 aliphatic carbocycles. The fraction of sp³-hybridized carbons (Fsp3) is 0. The van der Waals surface area contributed by atoms with Crippen molar-refractivity contribution in [2.75, 3.05) is 5.32 Å². The Bertz CT molecular complexity index is 266. The summed E-state index contributed by atoms with van der Waals surface area (Å²) in [4.78, 5) is 3.98. The van der Waals surface area contributed by atoms with Gasteiger partial charge in [-0.25, -0.2) is 0 Å². The van der Waals surface area contributed by atoms with Crippen molar-refractivity contribution in [3.05, 3.63) is 36.6 Å². The first-order valence-corrected chi connectivity index (χ1v) is 3.09. The first kappa shape index (κ1) is 5.47. The summed E-state index contributed by atoms with van der Waals surface area (Å²) in [5.74, 6) is 0. The molecule has 2 rings (SSSR count). The molecule has 2 radical (unpaired) electrons. The maximum Gasteiger partial charge on any atom is 0.115 e. The average molecular weight is 130 g/mol. The second kappa shape index (κ2) is 2.14. The van der Waals surface area contributed by atoms with E-state index in [1.54, 1.807) is 6.20 Å². The van der Waals surface area contributed by atoms with Crippen molar-refractivity contribution in [2.45, 2.75) is 0 Å². The number of pyridine rings is 1. The third-order valence-electron chi connectivity index (χ3n) is 1.40. The summed E-state index contributed by atoms with van der Waals surface area (Å²) >= 11 is 0. The lowest BCUT2D eigenvalue weighted by atomic mass is 10.2. The van der Waals surface area contributed by atoms with Crippen LogP contribution in [0.25, 0.3) is 6.08 Å². The fourth-order valence-corrected chi connectivity index (χ4v) is 0.904. The van der Waals surface area contributed by atoms with Gasteiger partial charge in [0.2, 0.25) is 0 Å². The van der Waals surface area contributed by atoms with E-state index in [4.69, 9.17) is 0 Å². The van der Waals surface area contributed by atoms with Crippen LogP contribution < -0.4 is 5.32 Å². The third-order valence-corrected chi connectivity index (χ3v) is 1.40. The molecule has 0 saturated heterocycles. The highest BCUT2D eigenvalue weighted by atomic mass is 14.9. The van der Waals surface area contributed by atoms with Gasteiger partial charge in [0.25, 0.3) is 0 Å². The Labute approximate surface area is 59.6 Å². The standard InChI is InChI=1S/C8H6N2/c1-2-7-6-9-5-3-8(7)10-4-1/h1-3,5-6,10H. The number of fused-ring (bicyclic) bond motifs is 1. The van der Waals surface area contributed by atoms with Gasteiger partial charge in [0, 0.05) is 23.6 Å². The van der Waals surface area contributed by atoms with Crippen molar-refractivity contribution in [2.24, 2.45) is 0 Å². The molecule has 0 aromatic carbocycles. The normalized spacial score (nSPS) is 14.0. The van der Waals surface area contributed by atoms with Crippen LogP contribution in [0.2, 0.25) is 0 Å². The highest BCUT2D eigenvalue weighted by Gasteiger charge is 2.00. The molecular weight excluding hydrogens is 124 g/mol. The van der Waals surface area contributed by atoms with Crippen molar-refractivity contribution in [3.63, 3.8) is 0 Å². The van der Waals surface area contributed by atoms with Gasteiger partial charge in [-0.15, -0.1) is 0 Å². The highest BCUT2D eigenvalue weighted by molar-refractivity contribution is 5.70. The van der Waals surface area contributed by atoms with Gasteiger partial charge in [0.05, 0.1) is 0 Å². The molecule has 2 heteroatoms. The van der Waals surface area contributed by atoms with Gasteiger partial charge in [-0.05, 0) is 6.07 Å². The summed E-state index contributed by atoms with van der Waals surface area (Å²) in [6.45, 7) is 2.88. The van der Waals surface area contributed by atoms with E-state index in [1.807, 2.05) is 24.4 Å². The molecule has 1 aromatic rings. The van der Waals surface area contributed by atoms with Gasteiger partial charge in [-0.3, -0.25) is 4.98 Å². The maximum atomic E-state index is 3.98. The van der Waals surface area contributed by atoms with Crippen LogP contribution >= 0.6 is 0 Å². The molecule has 2 heterocycles. The molecule has 0 fully saturated rings. The molecule has 0 atom stereocenters. The molecule has 0 saturated carbocycles. The van der Waals surface area contributed by atoms with Crippen molar-refractivity contribution in [1.82, 2.24) is 4.98 Å². The predicted molar refractivity (Wildman–Crippen MR) is 40.1 cm³/mol. The first-order chi connectivity index (χ1) is 4.97. The molecule has 1 aliphatic heterocycles. The minimum Gasteiger partial charge on any atom is -0.371 e. The molecule has 1 N–H and O–H groups in total. The van der Waals surface area contributed by atoms with E-state index < -0.39 is 0 Å². The molecule has 1 aliphatic rings. The van der Waals surface area contributed by atoms with E-state index in [9.17, 15) is 0 Å². The van der Waals surface area contributed by atoms with Crippen LogP contribution in [0.1, 0.15) is 5.56 Å². The minimum atomic E-state index is 1.07. The second-order valence-corrected chi connectivity index (χ2v) is 2.07. The van der Waals surface area contributed by atoms with Crippen LogP contribution in [-0.2, 0) is 0 Å². The molecule has 2 nitrogen and oxygen atoms in total. The third kappa shape index (κ3) is 0.778. The maximum absolute atomic E-state index is 3.98. The van der Waals surface area contributed by atoms with Crippen molar-refractivity contribution < 1.29 is 0 Å². The Hall–Kier alpha value is -1.31. The molecule has 0 spiro atoms. The summed E-state index contributed by atoms with van der Waals surface area (Å²) in [6.07, 6.45) is 7.38. The van der Waals surface area contributed by atoms with Gasteiger partial charge in [0.1, 0.15) is 6.54 Å². The topological polar surface area (TPSA) is 24.9 Å². The minimum absolute atomic E-state index is 1.07. The largest absolute Gasteiger partial charge is 0.371 e. The number of hydrogen-bond donors (Lipinski definition) is 1. The van der Waals surface area contributed by atoms with Gasteiger partial charge in [0.15, 0.2) is 0 Å². The Morgan fingerprint density at radius 2 is 2.50 bits per heavy atom. The highest BCUT2D eigenvalue weighted by Crippen LogP contribution is 2.18. The van der Waals surface area contributed by atoms with Crippen molar-refractivity contribution in [3.8, 4) is 0 Å². The summed E-state index contributed by atoms with van der Waals surface area (Å²) in [7, 11) is 0. The average Bonchev–Trinajstić information content (AvgIpc) is 2.05. The van der Waals surface area contributed by atoms with Crippen LogP contribution in [0.4, 0.5) is 5.69 Å². The molecular formula is C8H6N2. The SMILES string of the molecule is [C]1C=Cc2cnccc2N1. The van der Waals surface area contributed by atoms with Gasteiger partial charge in [-0.2, -0.15) is 0 Å². The number of rotatable bonds is 0. The zero-order valence-corrected chi connectivity index (χ0v) is 5.33. The second-order valence-electron chi connectivity index (χ2n) is 2.07. The summed E-state index contributed by atoms with van der Waals surface area (Å²) in [5.41, 5.74) is 2.18. The molecule has 48 valence electrons. The summed E-state index contributed by atoms with van der Waals surface area (Å²) in [5, 5.41) is 2.99. The summed E-state index contributed by atoms with van der Waals surface area (Å²) < 4.78 is 0. The van der Waals surface area contributed by atoms with E-state index >= 15 is 0 Å². The van der Waals surface area contributed by atoms with Gasteiger partial charge in [-0.1, -0.05) is 12.2 Å². The fourth-order valence-electron chi connectivity index (χ4n) is 0.904. The molecule has 0 amide bonds. The van der Waals surface area contributed by atoms with E-state index in [0.29, 0.717) is 0 Å². The monoisotopic (exact) mass is 130 g/mol.